The van der Waals surface area contributed by atoms with E-state index in [-0.39, 0.29) is 5.82 Å². The van der Waals surface area contributed by atoms with Gasteiger partial charge in [0.15, 0.2) is 5.96 Å². The Morgan fingerprint density at radius 2 is 2.12 bits per heavy atom. The van der Waals surface area contributed by atoms with Crippen molar-refractivity contribution in [2.24, 2.45) is 10.9 Å². The second-order valence-electron chi connectivity index (χ2n) is 6.89. The summed E-state index contributed by atoms with van der Waals surface area (Å²) in [6.45, 7) is 11.3. The number of nitrogens with zero attached hydrogens (tertiary/aromatic N) is 4. The molecule has 0 aliphatic carbocycles. The van der Waals surface area contributed by atoms with Gasteiger partial charge in [-0.3, -0.25) is 9.67 Å². The Morgan fingerprint density at radius 1 is 1.35 bits per heavy atom. The van der Waals surface area contributed by atoms with Crippen LogP contribution in [0, 0.1) is 25.6 Å². The number of guanidine groups is 1. The molecular weight excluding hydrogens is 329 g/mol. The molecule has 6 heteroatoms. The highest BCUT2D eigenvalue weighted by Gasteiger charge is 2.10. The molecule has 0 spiro atoms. The van der Waals surface area contributed by atoms with Crippen LogP contribution in [0.25, 0.3) is 0 Å². The zero-order valence-electron chi connectivity index (χ0n) is 16.5. The molecule has 0 amide bonds. The minimum Gasteiger partial charge on any atom is -0.357 e. The molecule has 26 heavy (non-hydrogen) atoms. The Labute approximate surface area is 155 Å². The van der Waals surface area contributed by atoms with Crippen molar-refractivity contribution < 1.29 is 4.39 Å². The Balaban J connectivity index is 1.99. The van der Waals surface area contributed by atoms with E-state index >= 15 is 0 Å². The lowest BCUT2D eigenvalue weighted by atomic mass is 10.2. The maximum Gasteiger partial charge on any atom is 0.193 e. The highest BCUT2D eigenvalue weighted by Crippen LogP contribution is 2.09. The predicted molar refractivity (Wildman–Crippen MR) is 105 cm³/mol. The van der Waals surface area contributed by atoms with E-state index in [0.717, 1.165) is 30.3 Å². The Hall–Kier alpha value is -2.37. The van der Waals surface area contributed by atoms with E-state index in [1.807, 2.05) is 36.5 Å². The lowest BCUT2D eigenvalue weighted by Gasteiger charge is -2.23. The van der Waals surface area contributed by atoms with Crippen molar-refractivity contribution in [2.75, 3.05) is 20.1 Å². The lowest BCUT2D eigenvalue weighted by Crippen LogP contribution is -2.38. The van der Waals surface area contributed by atoms with Crippen molar-refractivity contribution in [3.63, 3.8) is 0 Å². The van der Waals surface area contributed by atoms with Crippen LogP contribution in [0.1, 0.15) is 30.8 Å². The summed E-state index contributed by atoms with van der Waals surface area (Å²) in [7, 11) is 1.97. The van der Waals surface area contributed by atoms with Crippen molar-refractivity contribution in [2.45, 2.75) is 40.8 Å². The van der Waals surface area contributed by atoms with Gasteiger partial charge in [-0.15, -0.1) is 0 Å². The number of nitrogens with one attached hydrogen (secondary N) is 1. The van der Waals surface area contributed by atoms with Gasteiger partial charge in [0.05, 0.1) is 5.69 Å². The number of aromatic nitrogens is 2. The minimum absolute atomic E-state index is 0.212. The number of aliphatic imine (C=N–C) groups is 1. The fraction of sp³-hybridized carbons (Fsp3) is 0.500. The van der Waals surface area contributed by atoms with E-state index in [4.69, 9.17) is 4.99 Å². The first-order valence-corrected chi connectivity index (χ1v) is 9.14. The third kappa shape index (κ3) is 5.86. The summed E-state index contributed by atoms with van der Waals surface area (Å²) in [5, 5.41) is 7.83. The highest BCUT2D eigenvalue weighted by molar-refractivity contribution is 5.79. The topological polar surface area (TPSA) is 45.5 Å². The molecule has 1 heterocycles. The van der Waals surface area contributed by atoms with Gasteiger partial charge in [-0.25, -0.2) is 4.39 Å². The smallest absolute Gasteiger partial charge is 0.193 e. The van der Waals surface area contributed by atoms with E-state index in [1.54, 1.807) is 12.1 Å². The fourth-order valence-electron chi connectivity index (χ4n) is 2.91. The monoisotopic (exact) mass is 359 g/mol. The molecule has 0 aliphatic rings. The van der Waals surface area contributed by atoms with Crippen LogP contribution in [0.4, 0.5) is 4.39 Å². The molecule has 0 fully saturated rings. The molecule has 0 saturated carbocycles. The van der Waals surface area contributed by atoms with Crippen molar-refractivity contribution in [1.82, 2.24) is 20.0 Å². The number of rotatable bonds is 7. The molecule has 0 radical (unpaired) electrons. The van der Waals surface area contributed by atoms with Crippen LogP contribution in [0.3, 0.4) is 0 Å². The Morgan fingerprint density at radius 3 is 2.73 bits per heavy atom. The summed E-state index contributed by atoms with van der Waals surface area (Å²) in [4.78, 5) is 6.78. The van der Waals surface area contributed by atoms with Gasteiger partial charge < -0.3 is 10.2 Å². The molecule has 5 nitrogen and oxygen atoms in total. The van der Waals surface area contributed by atoms with Crippen molar-refractivity contribution >= 4 is 5.96 Å². The van der Waals surface area contributed by atoms with Crippen LogP contribution in [-0.2, 0) is 13.1 Å². The van der Waals surface area contributed by atoms with E-state index in [1.165, 1.54) is 11.8 Å². The number of hydrogen-bond acceptors (Lipinski definition) is 2. The molecule has 1 N–H and O–H groups in total. The standard InChI is InChI=1S/C20H30FN5/c1-6-22-20(25(5)14-18-8-7-9-19(21)11-18)23-12-15(2)13-26-17(4)10-16(3)24-26/h7-11,15H,6,12-14H2,1-5H3,(H,22,23). The van der Waals surface area contributed by atoms with Gasteiger partial charge in [-0.1, -0.05) is 19.1 Å². The minimum atomic E-state index is -0.212. The zero-order chi connectivity index (χ0) is 19.1. The molecule has 1 unspecified atom stereocenters. The lowest BCUT2D eigenvalue weighted by molar-refractivity contribution is 0.438. The van der Waals surface area contributed by atoms with Crippen LogP contribution in [0.15, 0.2) is 35.3 Å². The molecule has 1 aromatic heterocycles. The van der Waals surface area contributed by atoms with E-state index in [0.29, 0.717) is 19.0 Å². The molecular formula is C20H30FN5. The maximum atomic E-state index is 13.4. The molecule has 0 saturated heterocycles. The predicted octanol–water partition coefficient (Wildman–Crippen LogP) is 3.37. The van der Waals surface area contributed by atoms with Crippen molar-refractivity contribution in [1.29, 1.82) is 0 Å². The van der Waals surface area contributed by atoms with E-state index in [9.17, 15) is 4.39 Å². The quantitative estimate of drug-likeness (QED) is 0.609. The van der Waals surface area contributed by atoms with Gasteiger partial charge in [-0.2, -0.15) is 5.10 Å². The largest absolute Gasteiger partial charge is 0.357 e. The first-order valence-electron chi connectivity index (χ1n) is 9.14. The second-order valence-corrected chi connectivity index (χ2v) is 6.89. The highest BCUT2D eigenvalue weighted by atomic mass is 19.1. The van der Waals surface area contributed by atoms with E-state index < -0.39 is 0 Å². The maximum absolute atomic E-state index is 13.4. The normalized spacial score (nSPS) is 12.9. The van der Waals surface area contributed by atoms with Crippen LogP contribution >= 0.6 is 0 Å². The van der Waals surface area contributed by atoms with Crippen LogP contribution in [0.5, 0.6) is 0 Å². The Kier molecular flexibility index (Phi) is 7.18. The van der Waals surface area contributed by atoms with Gasteiger partial charge in [0, 0.05) is 38.9 Å². The number of benzene rings is 1. The average molecular weight is 359 g/mol. The molecule has 2 aromatic rings. The van der Waals surface area contributed by atoms with Crippen molar-refractivity contribution in [3.8, 4) is 0 Å². The summed E-state index contributed by atoms with van der Waals surface area (Å²) in [5.74, 6) is 0.984. The summed E-state index contributed by atoms with van der Waals surface area (Å²) in [5.41, 5.74) is 3.14. The molecule has 1 atom stereocenters. The van der Waals surface area contributed by atoms with Gasteiger partial charge in [-0.05, 0) is 50.5 Å². The summed E-state index contributed by atoms with van der Waals surface area (Å²) >= 11 is 0. The molecule has 0 aliphatic heterocycles. The van der Waals surface area contributed by atoms with Crippen LogP contribution in [0.2, 0.25) is 0 Å². The fourth-order valence-corrected chi connectivity index (χ4v) is 2.91. The third-order valence-electron chi connectivity index (χ3n) is 4.15. The van der Waals surface area contributed by atoms with Gasteiger partial charge in [0.25, 0.3) is 0 Å². The third-order valence-corrected chi connectivity index (χ3v) is 4.15. The summed E-state index contributed by atoms with van der Waals surface area (Å²) in [6, 6.07) is 8.77. The molecule has 142 valence electrons. The van der Waals surface area contributed by atoms with Gasteiger partial charge in [0.2, 0.25) is 0 Å². The first kappa shape index (κ1) is 19.9. The first-order chi connectivity index (χ1) is 12.4. The average Bonchev–Trinajstić information content (AvgIpc) is 2.88. The van der Waals surface area contributed by atoms with Crippen molar-refractivity contribution in [3.05, 3.63) is 53.1 Å². The molecule has 1 aromatic carbocycles. The molecule has 2 rings (SSSR count). The molecule has 0 bridgehead atoms. The van der Waals surface area contributed by atoms with Gasteiger partial charge in [0.1, 0.15) is 5.82 Å². The zero-order valence-corrected chi connectivity index (χ0v) is 16.5. The van der Waals surface area contributed by atoms with Crippen LogP contribution in [-0.4, -0.2) is 40.8 Å². The SMILES string of the molecule is CCNC(=NCC(C)Cn1nc(C)cc1C)N(C)Cc1cccc(F)c1. The Bertz CT molecular complexity index is 738. The number of hydrogen-bond donors (Lipinski definition) is 1. The number of aryl methyl sites for hydroxylation is 2. The number of halogens is 1. The van der Waals surface area contributed by atoms with E-state index in [2.05, 4.69) is 30.3 Å². The summed E-state index contributed by atoms with van der Waals surface area (Å²) < 4.78 is 15.4. The summed E-state index contributed by atoms with van der Waals surface area (Å²) in [6.07, 6.45) is 0. The second kappa shape index (κ2) is 9.36. The van der Waals surface area contributed by atoms with Crippen LogP contribution < -0.4 is 5.32 Å². The van der Waals surface area contributed by atoms with Gasteiger partial charge >= 0.3 is 0 Å².